The van der Waals surface area contributed by atoms with E-state index in [0.717, 1.165) is 5.69 Å². The first kappa shape index (κ1) is 5.15. The van der Waals surface area contributed by atoms with E-state index in [1.54, 1.807) is 6.92 Å². The van der Waals surface area contributed by atoms with E-state index < -0.39 is 0 Å². The summed E-state index contributed by atoms with van der Waals surface area (Å²) in [4.78, 5) is 0. The number of aromatic hydroxyl groups is 1. The first-order chi connectivity index (χ1) is 3.72. The van der Waals surface area contributed by atoms with Gasteiger partial charge in [0.25, 0.3) is 0 Å². The molecule has 0 unspecified atom stereocenters. The van der Waals surface area contributed by atoms with Crippen molar-refractivity contribution in [3.05, 3.63) is 18.2 Å². The van der Waals surface area contributed by atoms with Crippen LogP contribution in [0, 0.1) is 13.8 Å². The van der Waals surface area contributed by atoms with Gasteiger partial charge < -0.3 is 5.11 Å². The fourth-order valence-corrected chi connectivity index (χ4v) is 0.443. The summed E-state index contributed by atoms with van der Waals surface area (Å²) in [5.74, 6) is 0.0579. The van der Waals surface area contributed by atoms with Crippen molar-refractivity contribution in [2.45, 2.75) is 6.92 Å². The molecule has 0 saturated heterocycles. The SMILES string of the molecule is [CH2]c1c(C)n[nH]c1O. The Morgan fingerprint density at radius 1 is 1.75 bits per heavy atom. The van der Waals surface area contributed by atoms with E-state index in [1.807, 2.05) is 0 Å². The first-order valence-electron chi connectivity index (χ1n) is 2.27. The van der Waals surface area contributed by atoms with Gasteiger partial charge in [-0.1, -0.05) is 0 Å². The highest BCUT2D eigenvalue weighted by Gasteiger charge is 1.99. The van der Waals surface area contributed by atoms with Crippen LogP contribution in [0.2, 0.25) is 0 Å². The highest BCUT2D eigenvalue weighted by Crippen LogP contribution is 2.12. The molecule has 3 heteroatoms. The Morgan fingerprint density at radius 2 is 2.38 bits per heavy atom. The van der Waals surface area contributed by atoms with Gasteiger partial charge in [-0.15, -0.1) is 0 Å². The van der Waals surface area contributed by atoms with Crippen molar-refractivity contribution in [1.82, 2.24) is 10.2 Å². The summed E-state index contributed by atoms with van der Waals surface area (Å²) in [5.41, 5.74) is 1.31. The zero-order chi connectivity index (χ0) is 6.15. The third-order valence-electron chi connectivity index (χ3n) is 1.05. The average molecular weight is 111 g/mol. The maximum absolute atomic E-state index is 8.76. The van der Waals surface area contributed by atoms with Gasteiger partial charge in [-0.25, -0.2) is 5.10 Å². The lowest BCUT2D eigenvalue weighted by Crippen LogP contribution is -1.71. The number of aromatic amines is 1. The van der Waals surface area contributed by atoms with Crippen molar-refractivity contribution in [1.29, 1.82) is 0 Å². The highest BCUT2D eigenvalue weighted by molar-refractivity contribution is 5.30. The molecule has 1 radical (unpaired) electrons. The molecule has 43 valence electrons. The molecule has 8 heavy (non-hydrogen) atoms. The first-order valence-corrected chi connectivity index (χ1v) is 2.27. The molecular weight excluding hydrogens is 104 g/mol. The number of hydrogen-bond donors (Lipinski definition) is 2. The number of aromatic nitrogens is 2. The number of rotatable bonds is 0. The molecule has 0 saturated carbocycles. The number of nitrogens with zero attached hydrogens (tertiary/aromatic N) is 1. The second-order valence-electron chi connectivity index (χ2n) is 1.64. The molecule has 0 aliphatic carbocycles. The lowest BCUT2D eigenvalue weighted by Gasteiger charge is -1.82. The van der Waals surface area contributed by atoms with Gasteiger partial charge in [0.05, 0.1) is 5.69 Å². The molecule has 0 spiro atoms. The van der Waals surface area contributed by atoms with Crippen LogP contribution in [0.5, 0.6) is 5.88 Å². The quantitative estimate of drug-likeness (QED) is 0.515. The summed E-state index contributed by atoms with van der Waals surface area (Å²) < 4.78 is 0. The summed E-state index contributed by atoms with van der Waals surface area (Å²) in [6.45, 7) is 5.31. The van der Waals surface area contributed by atoms with Crippen LogP contribution in [0.15, 0.2) is 0 Å². The van der Waals surface area contributed by atoms with Gasteiger partial charge in [-0.05, 0) is 13.8 Å². The summed E-state index contributed by atoms with van der Waals surface area (Å²) in [6.07, 6.45) is 0. The number of nitrogens with one attached hydrogen (secondary N) is 1. The van der Waals surface area contributed by atoms with E-state index in [4.69, 9.17) is 5.11 Å². The maximum atomic E-state index is 8.76. The molecule has 1 rings (SSSR count). The van der Waals surface area contributed by atoms with Gasteiger partial charge >= 0.3 is 0 Å². The van der Waals surface area contributed by atoms with Crippen molar-refractivity contribution in [3.63, 3.8) is 0 Å². The minimum atomic E-state index is 0.0579. The Kier molecular flexibility index (Phi) is 0.970. The molecule has 1 aromatic rings. The summed E-state index contributed by atoms with van der Waals surface area (Å²) in [5, 5.41) is 14.8. The molecule has 0 atom stereocenters. The standard InChI is InChI=1S/C5H7N2O/c1-3-4(2)6-7-5(3)8/h1H2,2H3,(H2,6,7,8). The molecule has 0 aliphatic heterocycles. The van der Waals surface area contributed by atoms with Gasteiger partial charge in [0.15, 0.2) is 0 Å². The number of H-pyrrole nitrogens is 1. The zero-order valence-corrected chi connectivity index (χ0v) is 4.60. The van der Waals surface area contributed by atoms with Gasteiger partial charge in [0.2, 0.25) is 5.88 Å². The van der Waals surface area contributed by atoms with Gasteiger partial charge in [0, 0.05) is 5.56 Å². The van der Waals surface area contributed by atoms with E-state index >= 15 is 0 Å². The van der Waals surface area contributed by atoms with Crippen LogP contribution in [0.3, 0.4) is 0 Å². The summed E-state index contributed by atoms with van der Waals surface area (Å²) >= 11 is 0. The lowest BCUT2D eigenvalue weighted by molar-refractivity contribution is 0.450. The third kappa shape index (κ3) is 0.559. The second-order valence-corrected chi connectivity index (χ2v) is 1.64. The van der Waals surface area contributed by atoms with Crippen LogP contribution in [-0.4, -0.2) is 15.3 Å². The molecule has 0 bridgehead atoms. The molecule has 0 amide bonds. The van der Waals surface area contributed by atoms with Gasteiger partial charge in [-0.3, -0.25) is 0 Å². The maximum Gasteiger partial charge on any atom is 0.210 e. The molecule has 2 N–H and O–H groups in total. The Labute approximate surface area is 47.4 Å². The van der Waals surface area contributed by atoms with Crippen molar-refractivity contribution >= 4 is 0 Å². The minimum absolute atomic E-state index is 0.0579. The van der Waals surface area contributed by atoms with Crippen molar-refractivity contribution in [2.75, 3.05) is 0 Å². The van der Waals surface area contributed by atoms with E-state index in [1.165, 1.54) is 0 Å². The van der Waals surface area contributed by atoms with Crippen LogP contribution in [0.4, 0.5) is 0 Å². The smallest absolute Gasteiger partial charge is 0.210 e. The molecule has 0 fully saturated rings. The monoisotopic (exact) mass is 111 g/mol. The van der Waals surface area contributed by atoms with E-state index in [0.29, 0.717) is 5.56 Å². The predicted octanol–water partition coefficient (Wildman–Crippen LogP) is 0.606. The fraction of sp³-hybridized carbons (Fsp3) is 0.200. The van der Waals surface area contributed by atoms with Crippen molar-refractivity contribution in [3.8, 4) is 5.88 Å². The average Bonchev–Trinajstić information content (AvgIpc) is 1.98. The van der Waals surface area contributed by atoms with E-state index in [2.05, 4.69) is 17.1 Å². The van der Waals surface area contributed by atoms with Crippen molar-refractivity contribution < 1.29 is 5.11 Å². The fourth-order valence-electron chi connectivity index (χ4n) is 0.443. The van der Waals surface area contributed by atoms with Gasteiger partial charge in [0.1, 0.15) is 0 Å². The Morgan fingerprint density at radius 3 is 2.50 bits per heavy atom. The normalized spacial score (nSPS) is 9.75. The van der Waals surface area contributed by atoms with E-state index in [-0.39, 0.29) is 5.88 Å². The van der Waals surface area contributed by atoms with Crippen LogP contribution < -0.4 is 0 Å². The van der Waals surface area contributed by atoms with Crippen LogP contribution in [0.25, 0.3) is 0 Å². The Bertz CT molecular complexity index is 173. The largest absolute Gasteiger partial charge is 0.493 e. The van der Waals surface area contributed by atoms with Crippen LogP contribution in [0.1, 0.15) is 11.3 Å². The van der Waals surface area contributed by atoms with Crippen LogP contribution in [-0.2, 0) is 0 Å². The number of hydrogen-bond acceptors (Lipinski definition) is 2. The molecule has 1 aromatic heterocycles. The zero-order valence-electron chi connectivity index (χ0n) is 4.60. The summed E-state index contributed by atoms with van der Waals surface area (Å²) in [7, 11) is 0. The van der Waals surface area contributed by atoms with E-state index in [9.17, 15) is 0 Å². The Hall–Kier alpha value is -0.990. The molecular formula is C5H7N2O. The van der Waals surface area contributed by atoms with Crippen LogP contribution >= 0.6 is 0 Å². The molecule has 3 nitrogen and oxygen atoms in total. The Balaban J connectivity index is 3.19. The number of aryl methyl sites for hydroxylation is 1. The topological polar surface area (TPSA) is 48.9 Å². The van der Waals surface area contributed by atoms with Crippen molar-refractivity contribution in [2.24, 2.45) is 0 Å². The second kappa shape index (κ2) is 1.51. The van der Waals surface area contributed by atoms with Gasteiger partial charge in [-0.2, -0.15) is 5.10 Å². The molecule has 0 aliphatic rings. The molecule has 0 aromatic carbocycles. The predicted molar refractivity (Wildman–Crippen MR) is 29.4 cm³/mol. The third-order valence-corrected chi connectivity index (χ3v) is 1.05. The summed E-state index contributed by atoms with van der Waals surface area (Å²) in [6, 6.07) is 0. The highest BCUT2D eigenvalue weighted by atomic mass is 16.3. The lowest BCUT2D eigenvalue weighted by atomic mass is 10.3. The molecule has 1 heterocycles. The minimum Gasteiger partial charge on any atom is -0.493 e.